The summed E-state index contributed by atoms with van der Waals surface area (Å²) in [4.78, 5) is 31.0. The molecule has 2 aromatic heterocycles. The summed E-state index contributed by atoms with van der Waals surface area (Å²) in [5.41, 5.74) is 3.72. The Balaban J connectivity index is 1.55. The van der Waals surface area contributed by atoms with Gasteiger partial charge in [-0.3, -0.25) is 9.59 Å². The van der Waals surface area contributed by atoms with Gasteiger partial charge < -0.3 is 14.8 Å². The van der Waals surface area contributed by atoms with E-state index >= 15 is 0 Å². The van der Waals surface area contributed by atoms with E-state index in [2.05, 4.69) is 9.97 Å². The number of fused-ring (bicyclic) bond motifs is 1. The number of nitrogens with zero attached hydrogens (tertiary/aromatic N) is 1. The summed E-state index contributed by atoms with van der Waals surface area (Å²) < 4.78 is 5.58. The van der Waals surface area contributed by atoms with Crippen molar-refractivity contribution in [1.82, 2.24) is 9.97 Å². The lowest BCUT2D eigenvalue weighted by Crippen LogP contribution is -2.01. The van der Waals surface area contributed by atoms with Gasteiger partial charge in [0.1, 0.15) is 11.4 Å². The van der Waals surface area contributed by atoms with Gasteiger partial charge >= 0.3 is 5.97 Å². The van der Waals surface area contributed by atoms with Crippen LogP contribution in [0.1, 0.15) is 28.8 Å². The molecular weight excluding hydrogens is 380 g/mol. The molecule has 6 nitrogen and oxygen atoms in total. The van der Waals surface area contributed by atoms with Crippen LogP contribution in [0.4, 0.5) is 0 Å². The molecular formula is C24H20N2O4. The maximum atomic E-state index is 12.9. The first-order valence-corrected chi connectivity index (χ1v) is 9.64. The Labute approximate surface area is 173 Å². The lowest BCUT2D eigenvalue weighted by atomic mass is 10.0. The van der Waals surface area contributed by atoms with Gasteiger partial charge in [0.05, 0.1) is 6.61 Å². The van der Waals surface area contributed by atoms with E-state index in [0.29, 0.717) is 35.6 Å². The summed E-state index contributed by atoms with van der Waals surface area (Å²) >= 11 is 0. The normalized spacial score (nSPS) is 10.8. The Morgan fingerprint density at radius 1 is 1.00 bits per heavy atom. The van der Waals surface area contributed by atoms with E-state index in [4.69, 9.17) is 9.84 Å². The molecule has 0 aliphatic rings. The lowest BCUT2D eigenvalue weighted by molar-refractivity contribution is -0.137. The smallest absolute Gasteiger partial charge is 0.303 e. The molecule has 0 atom stereocenters. The van der Waals surface area contributed by atoms with Crippen molar-refractivity contribution in [3.8, 4) is 16.9 Å². The van der Waals surface area contributed by atoms with Gasteiger partial charge in [0, 0.05) is 40.9 Å². The van der Waals surface area contributed by atoms with Gasteiger partial charge in [-0.05, 0) is 30.2 Å². The highest BCUT2D eigenvalue weighted by atomic mass is 16.5. The number of carboxylic acid groups (broad SMARTS) is 1. The fourth-order valence-corrected chi connectivity index (χ4v) is 3.25. The number of carbonyl (C=O) groups excluding carboxylic acids is 1. The number of hydrogen-bond donors (Lipinski definition) is 2. The van der Waals surface area contributed by atoms with Crippen molar-refractivity contribution >= 4 is 22.8 Å². The largest absolute Gasteiger partial charge is 0.494 e. The molecule has 0 aliphatic heterocycles. The highest BCUT2D eigenvalue weighted by molar-refractivity contribution is 6.16. The van der Waals surface area contributed by atoms with Gasteiger partial charge in [0.25, 0.3) is 0 Å². The standard InChI is InChI=1S/C24H20N2O4/c27-22(28)7-4-12-30-19-10-8-16(9-11-19)18-13-20-21(15-26-24(20)25-14-18)23(29)17-5-2-1-3-6-17/h1-3,5-6,8-11,13-15H,4,7,12H2,(H,25,26)(H,27,28). The minimum absolute atomic E-state index is 0.0501. The molecule has 2 aromatic carbocycles. The molecule has 30 heavy (non-hydrogen) atoms. The van der Waals surface area contributed by atoms with Gasteiger partial charge in [-0.2, -0.15) is 0 Å². The van der Waals surface area contributed by atoms with E-state index in [1.54, 1.807) is 24.5 Å². The zero-order chi connectivity index (χ0) is 20.9. The molecule has 0 saturated heterocycles. The molecule has 0 aliphatic carbocycles. The van der Waals surface area contributed by atoms with Crippen molar-refractivity contribution in [2.45, 2.75) is 12.8 Å². The molecule has 0 spiro atoms. The number of rotatable bonds is 8. The molecule has 0 saturated carbocycles. The molecule has 4 rings (SSSR count). The summed E-state index contributed by atoms with van der Waals surface area (Å²) in [6.07, 6.45) is 4.01. The minimum atomic E-state index is -0.827. The zero-order valence-electron chi connectivity index (χ0n) is 16.2. The number of ketones is 1. The topological polar surface area (TPSA) is 92.3 Å². The van der Waals surface area contributed by atoms with Crippen molar-refractivity contribution in [2.24, 2.45) is 0 Å². The zero-order valence-corrected chi connectivity index (χ0v) is 16.2. The summed E-state index contributed by atoms with van der Waals surface area (Å²) in [6.45, 7) is 0.355. The highest BCUT2D eigenvalue weighted by Gasteiger charge is 2.15. The van der Waals surface area contributed by atoms with Crippen LogP contribution in [0.2, 0.25) is 0 Å². The molecule has 0 amide bonds. The monoisotopic (exact) mass is 400 g/mol. The first kappa shape index (κ1) is 19.4. The predicted molar refractivity (Wildman–Crippen MR) is 114 cm³/mol. The van der Waals surface area contributed by atoms with E-state index < -0.39 is 5.97 Å². The molecule has 4 aromatic rings. The van der Waals surface area contributed by atoms with E-state index in [-0.39, 0.29) is 12.2 Å². The van der Waals surface area contributed by atoms with Crippen molar-refractivity contribution in [3.63, 3.8) is 0 Å². The quantitative estimate of drug-likeness (QED) is 0.330. The second kappa shape index (κ2) is 8.61. The molecule has 2 N–H and O–H groups in total. The number of H-pyrrole nitrogens is 1. The third kappa shape index (κ3) is 4.22. The van der Waals surface area contributed by atoms with Crippen LogP contribution >= 0.6 is 0 Å². The molecule has 2 heterocycles. The van der Waals surface area contributed by atoms with Crippen LogP contribution < -0.4 is 4.74 Å². The number of aliphatic carboxylic acids is 1. The molecule has 0 fully saturated rings. The number of carboxylic acids is 1. The Kier molecular flexibility index (Phi) is 5.57. The van der Waals surface area contributed by atoms with Crippen LogP contribution in [0.15, 0.2) is 73.1 Å². The molecule has 0 unspecified atom stereocenters. The first-order valence-electron chi connectivity index (χ1n) is 9.64. The number of nitrogens with one attached hydrogen (secondary N) is 1. The number of benzene rings is 2. The van der Waals surface area contributed by atoms with Crippen molar-refractivity contribution in [3.05, 3.63) is 84.2 Å². The third-order valence-corrected chi connectivity index (χ3v) is 4.80. The van der Waals surface area contributed by atoms with Crippen molar-refractivity contribution < 1.29 is 19.4 Å². The van der Waals surface area contributed by atoms with E-state index in [0.717, 1.165) is 16.5 Å². The Bertz CT molecular complexity index is 1180. The summed E-state index contributed by atoms with van der Waals surface area (Å²) in [5, 5.41) is 9.44. The van der Waals surface area contributed by atoms with Gasteiger partial charge in [0.15, 0.2) is 5.78 Å². The minimum Gasteiger partial charge on any atom is -0.494 e. The van der Waals surface area contributed by atoms with Crippen molar-refractivity contribution in [2.75, 3.05) is 6.61 Å². The van der Waals surface area contributed by atoms with Crippen LogP contribution in [0, 0.1) is 0 Å². The summed E-state index contributed by atoms with van der Waals surface area (Å²) in [5.74, 6) is -0.197. The van der Waals surface area contributed by atoms with Crippen LogP contribution in [-0.2, 0) is 4.79 Å². The fourth-order valence-electron chi connectivity index (χ4n) is 3.25. The van der Waals surface area contributed by atoms with E-state index in [1.807, 2.05) is 48.5 Å². The average molecular weight is 400 g/mol. The number of aromatic nitrogens is 2. The number of ether oxygens (including phenoxy) is 1. The maximum absolute atomic E-state index is 12.9. The van der Waals surface area contributed by atoms with Gasteiger partial charge in [-0.15, -0.1) is 0 Å². The second-order valence-corrected chi connectivity index (χ2v) is 6.89. The highest BCUT2D eigenvalue weighted by Crippen LogP contribution is 2.27. The van der Waals surface area contributed by atoms with E-state index in [1.165, 1.54) is 0 Å². The van der Waals surface area contributed by atoms with Gasteiger partial charge in [-0.25, -0.2) is 4.98 Å². The van der Waals surface area contributed by atoms with Crippen LogP contribution in [0.3, 0.4) is 0 Å². The molecule has 6 heteroatoms. The summed E-state index contributed by atoms with van der Waals surface area (Å²) in [6, 6.07) is 18.6. The average Bonchev–Trinajstić information content (AvgIpc) is 3.20. The first-order chi connectivity index (χ1) is 14.6. The van der Waals surface area contributed by atoms with Crippen LogP contribution in [0.5, 0.6) is 5.75 Å². The number of hydrogen-bond acceptors (Lipinski definition) is 4. The Morgan fingerprint density at radius 2 is 1.77 bits per heavy atom. The van der Waals surface area contributed by atoms with E-state index in [9.17, 15) is 9.59 Å². The van der Waals surface area contributed by atoms with Crippen LogP contribution in [-0.4, -0.2) is 33.4 Å². The molecule has 0 radical (unpaired) electrons. The lowest BCUT2D eigenvalue weighted by Gasteiger charge is -2.07. The second-order valence-electron chi connectivity index (χ2n) is 6.89. The number of pyridine rings is 1. The Hall–Kier alpha value is -3.93. The SMILES string of the molecule is O=C(O)CCCOc1ccc(-c2cnc3[nH]cc(C(=O)c4ccccc4)c3c2)cc1. The fraction of sp³-hybridized carbons (Fsp3) is 0.125. The van der Waals surface area contributed by atoms with Crippen LogP contribution in [0.25, 0.3) is 22.2 Å². The van der Waals surface area contributed by atoms with Crippen molar-refractivity contribution in [1.29, 1.82) is 0 Å². The maximum Gasteiger partial charge on any atom is 0.303 e. The number of aromatic amines is 1. The van der Waals surface area contributed by atoms with Gasteiger partial charge in [0.2, 0.25) is 0 Å². The van der Waals surface area contributed by atoms with Gasteiger partial charge in [-0.1, -0.05) is 42.5 Å². The predicted octanol–water partition coefficient (Wildman–Crippen LogP) is 4.70. The number of carbonyl (C=O) groups is 2. The summed E-state index contributed by atoms with van der Waals surface area (Å²) in [7, 11) is 0. The molecule has 0 bridgehead atoms. The Morgan fingerprint density at radius 3 is 2.50 bits per heavy atom. The third-order valence-electron chi connectivity index (χ3n) is 4.80. The molecule has 150 valence electrons.